The van der Waals surface area contributed by atoms with Gasteiger partial charge in [0.1, 0.15) is 0 Å². The van der Waals surface area contributed by atoms with E-state index in [0.717, 1.165) is 0 Å². The predicted molar refractivity (Wildman–Crippen MR) is 53.7 cm³/mol. The van der Waals surface area contributed by atoms with Gasteiger partial charge in [0.25, 0.3) is 5.69 Å². The second-order valence-corrected chi connectivity index (χ2v) is 3.28. The molecule has 0 saturated carbocycles. The zero-order valence-electron chi connectivity index (χ0n) is 8.21. The number of Topliss-reactive ketones (excluding diaryl/α,β-unsaturated/α-hetero) is 1. The Morgan fingerprint density at radius 2 is 2.27 bits per heavy atom. The molecule has 0 aliphatic heterocycles. The molecule has 80 valence electrons. The summed E-state index contributed by atoms with van der Waals surface area (Å²) >= 11 is 0. The van der Waals surface area contributed by atoms with Crippen LogP contribution in [0.15, 0.2) is 24.3 Å². The number of rotatable bonds is 4. The summed E-state index contributed by atoms with van der Waals surface area (Å²) in [6, 6.07) is 5.48. The van der Waals surface area contributed by atoms with Gasteiger partial charge in [0, 0.05) is 24.1 Å². The lowest BCUT2D eigenvalue weighted by atomic mass is 10.1. The maximum atomic E-state index is 11.4. The van der Waals surface area contributed by atoms with Crippen LogP contribution < -0.4 is 0 Å². The first-order valence-electron chi connectivity index (χ1n) is 4.46. The molecule has 0 aromatic heterocycles. The van der Waals surface area contributed by atoms with E-state index in [1.165, 1.54) is 31.2 Å². The number of benzene rings is 1. The predicted octanol–water partition coefficient (Wildman–Crippen LogP) is 1.55. The fourth-order valence-corrected chi connectivity index (χ4v) is 1.18. The van der Waals surface area contributed by atoms with E-state index >= 15 is 0 Å². The van der Waals surface area contributed by atoms with E-state index in [2.05, 4.69) is 0 Å². The molecule has 0 radical (unpaired) electrons. The molecule has 0 heterocycles. The van der Waals surface area contributed by atoms with E-state index in [9.17, 15) is 14.9 Å². The smallest absolute Gasteiger partial charge is 0.270 e. The zero-order chi connectivity index (χ0) is 11.4. The van der Waals surface area contributed by atoms with Crippen molar-refractivity contribution in [1.82, 2.24) is 0 Å². The summed E-state index contributed by atoms with van der Waals surface area (Å²) in [5, 5.41) is 19.5. The maximum absolute atomic E-state index is 11.4. The minimum absolute atomic E-state index is 0.0266. The molecular formula is C10H11NO4. The van der Waals surface area contributed by atoms with E-state index in [0.29, 0.717) is 0 Å². The molecule has 0 saturated heterocycles. The first kappa shape index (κ1) is 11.3. The number of carbonyl (C=O) groups excluding carboxylic acids is 1. The number of nitro groups is 1. The van der Waals surface area contributed by atoms with Gasteiger partial charge in [-0.15, -0.1) is 0 Å². The van der Waals surface area contributed by atoms with Crippen molar-refractivity contribution >= 4 is 11.5 Å². The standard InChI is InChI=1S/C10H11NO4/c1-7(12)5-10(13)8-3-2-4-9(6-8)11(14)15/h2-4,6-7,12H,5H2,1H3. The normalized spacial score (nSPS) is 12.1. The average molecular weight is 209 g/mol. The summed E-state index contributed by atoms with van der Waals surface area (Å²) < 4.78 is 0. The van der Waals surface area contributed by atoms with Crippen molar-refractivity contribution in [3.8, 4) is 0 Å². The third kappa shape index (κ3) is 3.14. The molecule has 0 aliphatic carbocycles. The first-order valence-corrected chi connectivity index (χ1v) is 4.46. The van der Waals surface area contributed by atoms with Gasteiger partial charge in [-0.1, -0.05) is 12.1 Å². The number of ketones is 1. The van der Waals surface area contributed by atoms with Gasteiger partial charge < -0.3 is 5.11 Å². The number of hydrogen-bond donors (Lipinski definition) is 1. The number of hydrogen-bond acceptors (Lipinski definition) is 4. The Hall–Kier alpha value is -1.75. The minimum atomic E-state index is -0.739. The molecule has 1 rings (SSSR count). The second-order valence-electron chi connectivity index (χ2n) is 3.28. The van der Waals surface area contributed by atoms with Crippen molar-refractivity contribution in [2.24, 2.45) is 0 Å². The summed E-state index contributed by atoms with van der Waals surface area (Å²) in [4.78, 5) is 21.3. The highest BCUT2D eigenvalue weighted by Gasteiger charge is 2.12. The van der Waals surface area contributed by atoms with Crippen molar-refractivity contribution in [3.05, 3.63) is 39.9 Å². The lowest BCUT2D eigenvalue weighted by Crippen LogP contribution is -2.09. The molecule has 0 spiro atoms. The number of nitro benzene ring substituents is 1. The van der Waals surface area contributed by atoms with Crippen LogP contribution in [0.25, 0.3) is 0 Å². The Morgan fingerprint density at radius 3 is 2.80 bits per heavy atom. The molecule has 5 heteroatoms. The molecule has 1 N–H and O–H groups in total. The third-order valence-corrected chi connectivity index (χ3v) is 1.86. The zero-order valence-corrected chi connectivity index (χ0v) is 8.21. The molecule has 1 aromatic rings. The first-order chi connectivity index (χ1) is 7.00. The average Bonchev–Trinajstić information content (AvgIpc) is 2.17. The second kappa shape index (κ2) is 4.65. The highest BCUT2D eigenvalue weighted by atomic mass is 16.6. The van der Waals surface area contributed by atoms with Gasteiger partial charge in [-0.05, 0) is 6.92 Å². The van der Waals surface area contributed by atoms with Gasteiger partial charge in [-0.3, -0.25) is 14.9 Å². The Morgan fingerprint density at radius 1 is 1.60 bits per heavy atom. The van der Waals surface area contributed by atoms with Gasteiger partial charge in [0.2, 0.25) is 0 Å². The summed E-state index contributed by atoms with van der Waals surface area (Å²) in [5.41, 5.74) is 0.136. The van der Waals surface area contributed by atoms with Gasteiger partial charge in [0.05, 0.1) is 11.0 Å². The van der Waals surface area contributed by atoms with Crippen LogP contribution in [0.4, 0.5) is 5.69 Å². The quantitative estimate of drug-likeness (QED) is 0.463. The molecule has 0 fully saturated rings. The fourth-order valence-electron chi connectivity index (χ4n) is 1.18. The van der Waals surface area contributed by atoms with Crippen LogP contribution in [0.1, 0.15) is 23.7 Å². The summed E-state index contributed by atoms with van der Waals surface area (Å²) in [6.45, 7) is 1.50. The Labute approximate surface area is 86.5 Å². The van der Waals surface area contributed by atoms with Crippen LogP contribution in [0.5, 0.6) is 0 Å². The van der Waals surface area contributed by atoms with Crippen LogP contribution in [-0.2, 0) is 0 Å². The number of non-ortho nitro benzene ring substituents is 1. The van der Waals surface area contributed by atoms with E-state index in [1.807, 2.05) is 0 Å². The van der Waals surface area contributed by atoms with Gasteiger partial charge in [-0.25, -0.2) is 0 Å². The molecule has 15 heavy (non-hydrogen) atoms. The molecule has 5 nitrogen and oxygen atoms in total. The van der Waals surface area contributed by atoms with Crippen molar-refractivity contribution in [3.63, 3.8) is 0 Å². The van der Waals surface area contributed by atoms with E-state index in [-0.39, 0.29) is 23.5 Å². The molecule has 1 unspecified atom stereocenters. The van der Waals surface area contributed by atoms with Crippen molar-refractivity contribution < 1.29 is 14.8 Å². The molecular weight excluding hydrogens is 198 g/mol. The molecule has 0 amide bonds. The molecule has 0 aliphatic rings. The number of nitrogens with zero attached hydrogens (tertiary/aromatic N) is 1. The molecule has 1 atom stereocenters. The minimum Gasteiger partial charge on any atom is -0.393 e. The van der Waals surface area contributed by atoms with E-state index in [1.54, 1.807) is 0 Å². The van der Waals surface area contributed by atoms with E-state index < -0.39 is 11.0 Å². The summed E-state index contributed by atoms with van der Waals surface area (Å²) in [7, 11) is 0. The Balaban J connectivity index is 2.90. The highest BCUT2D eigenvalue weighted by Crippen LogP contribution is 2.14. The SMILES string of the molecule is CC(O)CC(=O)c1cccc([N+](=O)[O-])c1. The lowest BCUT2D eigenvalue weighted by Gasteiger charge is -2.02. The van der Waals surface area contributed by atoms with Crippen LogP contribution in [0, 0.1) is 10.1 Å². The monoisotopic (exact) mass is 209 g/mol. The van der Waals surface area contributed by atoms with Crippen LogP contribution in [0.3, 0.4) is 0 Å². The highest BCUT2D eigenvalue weighted by molar-refractivity contribution is 5.96. The van der Waals surface area contributed by atoms with Crippen molar-refractivity contribution in [1.29, 1.82) is 0 Å². The topological polar surface area (TPSA) is 80.4 Å². The molecule has 0 bridgehead atoms. The van der Waals surface area contributed by atoms with Gasteiger partial charge in [0.15, 0.2) is 5.78 Å². The van der Waals surface area contributed by atoms with Crippen LogP contribution in [0.2, 0.25) is 0 Å². The summed E-state index contributed by atoms with van der Waals surface area (Å²) in [6.07, 6.45) is -0.766. The number of aliphatic hydroxyl groups excluding tert-OH is 1. The van der Waals surface area contributed by atoms with Gasteiger partial charge >= 0.3 is 0 Å². The van der Waals surface area contributed by atoms with Crippen LogP contribution >= 0.6 is 0 Å². The van der Waals surface area contributed by atoms with Gasteiger partial charge in [-0.2, -0.15) is 0 Å². The summed E-state index contributed by atoms with van der Waals surface area (Å²) in [5.74, 6) is -0.297. The van der Waals surface area contributed by atoms with Crippen LogP contribution in [-0.4, -0.2) is 21.9 Å². The fraction of sp³-hybridized carbons (Fsp3) is 0.300. The third-order valence-electron chi connectivity index (χ3n) is 1.86. The van der Waals surface area contributed by atoms with E-state index in [4.69, 9.17) is 5.11 Å². The van der Waals surface area contributed by atoms with Crippen molar-refractivity contribution in [2.75, 3.05) is 0 Å². The lowest BCUT2D eigenvalue weighted by molar-refractivity contribution is -0.384. The number of aliphatic hydroxyl groups is 1. The maximum Gasteiger partial charge on any atom is 0.270 e. The number of carbonyl (C=O) groups is 1. The Kier molecular flexibility index (Phi) is 3.51. The Bertz CT molecular complexity index is 387. The largest absolute Gasteiger partial charge is 0.393 e. The molecule has 1 aromatic carbocycles. The van der Waals surface area contributed by atoms with Crippen molar-refractivity contribution in [2.45, 2.75) is 19.4 Å².